The topological polar surface area (TPSA) is 43.3 Å². The highest BCUT2D eigenvalue weighted by Gasteiger charge is 2.33. The molecule has 0 amide bonds. The summed E-state index contributed by atoms with van der Waals surface area (Å²) in [5, 5.41) is 4.57. The van der Waals surface area contributed by atoms with Gasteiger partial charge < -0.3 is 14.3 Å². The number of methoxy groups -OCH3 is 2. The second-order valence-electron chi connectivity index (χ2n) is 8.07. The molecule has 0 spiro atoms. The third-order valence-electron chi connectivity index (χ3n) is 6.11. The van der Waals surface area contributed by atoms with E-state index in [2.05, 4.69) is 53.5 Å². The molecular weight excluding hydrogens is 400 g/mol. The standard InChI is InChI=1S/C27H30N2O3/c1-29-26(21-9-13-24(30-2)14-10-21)17-23(28-32-19-20-7-5-4-6-8-20)18-27(29)22-11-15-25(31-3)16-12-22/h4-16,26-27H,17-19H2,1-3H3. The average Bonchev–Trinajstić information content (AvgIpc) is 2.86. The minimum absolute atomic E-state index is 0.195. The van der Waals surface area contributed by atoms with Crippen LogP contribution in [0.5, 0.6) is 11.5 Å². The van der Waals surface area contributed by atoms with Crippen LogP contribution in [0.2, 0.25) is 0 Å². The molecule has 166 valence electrons. The largest absolute Gasteiger partial charge is 0.497 e. The van der Waals surface area contributed by atoms with Crippen molar-refractivity contribution >= 4 is 5.71 Å². The second kappa shape index (κ2) is 10.3. The molecule has 32 heavy (non-hydrogen) atoms. The summed E-state index contributed by atoms with van der Waals surface area (Å²) < 4.78 is 10.7. The Bertz CT molecular complexity index is 958. The zero-order valence-corrected chi connectivity index (χ0v) is 18.9. The Labute approximate surface area is 190 Å². The Morgan fingerprint density at radius 3 is 1.72 bits per heavy atom. The molecule has 1 heterocycles. The fourth-order valence-corrected chi connectivity index (χ4v) is 4.24. The first kappa shape index (κ1) is 21.9. The lowest BCUT2D eigenvalue weighted by atomic mass is 9.87. The second-order valence-corrected chi connectivity index (χ2v) is 8.07. The van der Waals surface area contributed by atoms with Crippen molar-refractivity contribution < 1.29 is 14.3 Å². The number of hydrogen-bond acceptors (Lipinski definition) is 5. The highest BCUT2D eigenvalue weighted by Crippen LogP contribution is 2.40. The molecule has 0 saturated carbocycles. The van der Waals surface area contributed by atoms with Crippen LogP contribution in [0.25, 0.3) is 0 Å². The lowest BCUT2D eigenvalue weighted by molar-refractivity contribution is 0.118. The number of piperidine rings is 1. The molecule has 4 rings (SSSR count). The van der Waals surface area contributed by atoms with Gasteiger partial charge in [0.2, 0.25) is 0 Å². The predicted octanol–water partition coefficient (Wildman–Crippen LogP) is 5.78. The number of benzene rings is 3. The van der Waals surface area contributed by atoms with Gasteiger partial charge in [-0.1, -0.05) is 59.8 Å². The van der Waals surface area contributed by atoms with E-state index in [4.69, 9.17) is 14.3 Å². The monoisotopic (exact) mass is 430 g/mol. The van der Waals surface area contributed by atoms with Gasteiger partial charge in [-0.3, -0.25) is 4.90 Å². The molecule has 5 nitrogen and oxygen atoms in total. The predicted molar refractivity (Wildman–Crippen MR) is 127 cm³/mol. The lowest BCUT2D eigenvalue weighted by Crippen LogP contribution is -2.37. The molecule has 1 saturated heterocycles. The molecule has 1 aliphatic rings. The fraction of sp³-hybridized carbons (Fsp3) is 0.296. The summed E-state index contributed by atoms with van der Waals surface area (Å²) >= 11 is 0. The molecule has 0 bridgehead atoms. The quantitative estimate of drug-likeness (QED) is 0.445. The fourth-order valence-electron chi connectivity index (χ4n) is 4.24. The van der Waals surface area contributed by atoms with Gasteiger partial charge in [0.05, 0.1) is 19.9 Å². The van der Waals surface area contributed by atoms with Crippen LogP contribution < -0.4 is 9.47 Å². The van der Waals surface area contributed by atoms with Crippen molar-refractivity contribution in [2.75, 3.05) is 21.3 Å². The van der Waals surface area contributed by atoms with Gasteiger partial charge in [0.15, 0.2) is 0 Å². The molecule has 2 atom stereocenters. The normalized spacial score (nSPS) is 18.8. The van der Waals surface area contributed by atoms with E-state index in [0.29, 0.717) is 6.61 Å². The van der Waals surface area contributed by atoms with Gasteiger partial charge in [-0.05, 0) is 48.0 Å². The van der Waals surface area contributed by atoms with Crippen LogP contribution in [0.1, 0.15) is 41.6 Å². The van der Waals surface area contributed by atoms with E-state index in [-0.39, 0.29) is 12.1 Å². The molecule has 3 aromatic rings. The first-order chi connectivity index (χ1) is 15.7. The maximum Gasteiger partial charge on any atom is 0.142 e. The van der Waals surface area contributed by atoms with Gasteiger partial charge >= 0.3 is 0 Å². The SMILES string of the molecule is COc1ccc(C2CC(=NOCc3ccccc3)CC(c3ccc(OC)cc3)N2C)cc1. The first-order valence-electron chi connectivity index (χ1n) is 10.9. The van der Waals surface area contributed by atoms with Crippen LogP contribution in [0, 0.1) is 0 Å². The summed E-state index contributed by atoms with van der Waals surface area (Å²) in [5.74, 6) is 1.72. The number of rotatable bonds is 7. The molecular formula is C27H30N2O3. The van der Waals surface area contributed by atoms with Crippen molar-refractivity contribution in [1.82, 2.24) is 4.90 Å². The summed E-state index contributed by atoms with van der Waals surface area (Å²) in [5.41, 5.74) is 4.66. The maximum absolute atomic E-state index is 5.77. The van der Waals surface area contributed by atoms with Crippen molar-refractivity contribution in [3.63, 3.8) is 0 Å². The molecule has 3 aromatic carbocycles. The summed E-state index contributed by atoms with van der Waals surface area (Å²) in [6, 6.07) is 27.1. The minimum Gasteiger partial charge on any atom is -0.497 e. The molecule has 0 aromatic heterocycles. The Morgan fingerprint density at radius 1 is 0.750 bits per heavy atom. The Balaban J connectivity index is 1.58. The molecule has 0 radical (unpaired) electrons. The van der Waals surface area contributed by atoms with Gasteiger partial charge in [-0.25, -0.2) is 0 Å². The van der Waals surface area contributed by atoms with E-state index < -0.39 is 0 Å². The van der Waals surface area contributed by atoms with E-state index in [0.717, 1.165) is 35.6 Å². The van der Waals surface area contributed by atoms with Crippen LogP contribution in [0.3, 0.4) is 0 Å². The minimum atomic E-state index is 0.195. The van der Waals surface area contributed by atoms with E-state index in [1.165, 1.54) is 11.1 Å². The molecule has 1 fully saturated rings. The van der Waals surface area contributed by atoms with E-state index in [1.807, 2.05) is 42.5 Å². The van der Waals surface area contributed by atoms with E-state index >= 15 is 0 Å². The van der Waals surface area contributed by atoms with Crippen LogP contribution in [0.4, 0.5) is 0 Å². The van der Waals surface area contributed by atoms with Gasteiger partial charge in [-0.15, -0.1) is 0 Å². The molecule has 0 N–H and O–H groups in total. The molecule has 5 heteroatoms. The summed E-state index contributed by atoms with van der Waals surface area (Å²) in [4.78, 5) is 8.20. The zero-order chi connectivity index (χ0) is 22.3. The zero-order valence-electron chi connectivity index (χ0n) is 18.9. The van der Waals surface area contributed by atoms with E-state index in [9.17, 15) is 0 Å². The third-order valence-corrected chi connectivity index (χ3v) is 6.11. The number of ether oxygens (including phenoxy) is 2. The number of hydrogen-bond donors (Lipinski definition) is 0. The third kappa shape index (κ3) is 5.11. The molecule has 0 aliphatic carbocycles. The van der Waals surface area contributed by atoms with Gasteiger partial charge in [-0.2, -0.15) is 0 Å². The van der Waals surface area contributed by atoms with Crippen molar-refractivity contribution in [3.05, 3.63) is 95.6 Å². The van der Waals surface area contributed by atoms with Crippen LogP contribution in [-0.4, -0.2) is 31.9 Å². The Kier molecular flexibility index (Phi) is 7.07. The van der Waals surface area contributed by atoms with Crippen LogP contribution >= 0.6 is 0 Å². The number of likely N-dealkylation sites (tertiary alicyclic amines) is 1. The summed E-state index contributed by atoms with van der Waals surface area (Å²) in [6.07, 6.45) is 1.65. The molecule has 2 unspecified atom stereocenters. The van der Waals surface area contributed by atoms with Crippen molar-refractivity contribution in [2.45, 2.75) is 31.5 Å². The lowest BCUT2D eigenvalue weighted by Gasteiger charge is -2.40. The van der Waals surface area contributed by atoms with Crippen molar-refractivity contribution in [1.29, 1.82) is 0 Å². The summed E-state index contributed by atoms with van der Waals surface area (Å²) in [6.45, 7) is 0.473. The van der Waals surface area contributed by atoms with Crippen molar-refractivity contribution in [3.8, 4) is 11.5 Å². The Hall–Kier alpha value is -3.31. The number of nitrogens with zero attached hydrogens (tertiary/aromatic N) is 2. The highest BCUT2D eigenvalue weighted by molar-refractivity contribution is 5.86. The van der Waals surface area contributed by atoms with Crippen molar-refractivity contribution in [2.24, 2.45) is 5.16 Å². The van der Waals surface area contributed by atoms with Crippen LogP contribution in [0.15, 0.2) is 84.0 Å². The smallest absolute Gasteiger partial charge is 0.142 e. The van der Waals surface area contributed by atoms with Gasteiger partial charge in [0, 0.05) is 24.9 Å². The summed E-state index contributed by atoms with van der Waals surface area (Å²) in [7, 11) is 5.57. The average molecular weight is 431 g/mol. The van der Waals surface area contributed by atoms with Crippen LogP contribution in [-0.2, 0) is 11.4 Å². The number of oxime groups is 1. The van der Waals surface area contributed by atoms with Gasteiger partial charge in [0.1, 0.15) is 18.1 Å². The highest BCUT2D eigenvalue weighted by atomic mass is 16.6. The van der Waals surface area contributed by atoms with E-state index in [1.54, 1.807) is 14.2 Å². The first-order valence-corrected chi connectivity index (χ1v) is 10.9. The maximum atomic E-state index is 5.77. The van der Waals surface area contributed by atoms with Gasteiger partial charge in [0.25, 0.3) is 0 Å². The molecule has 1 aliphatic heterocycles. The Morgan fingerprint density at radius 2 is 1.25 bits per heavy atom.